The van der Waals surface area contributed by atoms with Gasteiger partial charge in [-0.2, -0.15) is 0 Å². The van der Waals surface area contributed by atoms with Crippen LogP contribution in [-0.2, 0) is 19.1 Å². The molecular formula is C32H46N4O6. The number of amides is 4. The van der Waals surface area contributed by atoms with Gasteiger partial charge < -0.3 is 31.1 Å². The van der Waals surface area contributed by atoms with Crippen molar-refractivity contribution in [1.29, 1.82) is 0 Å². The van der Waals surface area contributed by atoms with Crippen LogP contribution in [0.3, 0.4) is 0 Å². The van der Waals surface area contributed by atoms with Crippen LogP contribution >= 0.6 is 0 Å². The Labute approximate surface area is 249 Å². The first-order chi connectivity index (χ1) is 19.8. The summed E-state index contributed by atoms with van der Waals surface area (Å²) >= 11 is 0. The van der Waals surface area contributed by atoms with Gasteiger partial charge in [0.05, 0.1) is 6.42 Å². The number of nitrogens with zero attached hydrogens (tertiary/aromatic N) is 1. The van der Waals surface area contributed by atoms with Crippen molar-refractivity contribution in [2.45, 2.75) is 97.2 Å². The Kier molecular flexibility index (Phi) is 13.3. The van der Waals surface area contributed by atoms with Crippen molar-refractivity contribution < 1.29 is 29.0 Å². The quantitative estimate of drug-likeness (QED) is 0.208. The summed E-state index contributed by atoms with van der Waals surface area (Å²) in [4.78, 5) is 54.1. The van der Waals surface area contributed by atoms with Gasteiger partial charge in [0, 0.05) is 17.8 Å². The number of phenols is 1. The SMILES string of the molecule is CCCCCCCCN(C(=O)C(CC(N)=O)NC(=O)OC(C)(C)C)C(C(=O)Nc1ccccc1C)c1ccccc1O. The number of para-hydroxylation sites is 2. The third-order valence-electron chi connectivity index (χ3n) is 6.62. The lowest BCUT2D eigenvalue weighted by atomic mass is 10.00. The molecule has 4 amide bonds. The molecular weight excluding hydrogens is 536 g/mol. The number of unbranched alkanes of at least 4 members (excludes halogenated alkanes) is 5. The van der Waals surface area contributed by atoms with E-state index in [1.807, 2.05) is 19.1 Å². The van der Waals surface area contributed by atoms with Gasteiger partial charge in [-0.25, -0.2) is 4.79 Å². The van der Waals surface area contributed by atoms with Crippen LogP contribution in [0.4, 0.5) is 10.5 Å². The number of ether oxygens (including phenoxy) is 1. The minimum absolute atomic E-state index is 0.135. The average Bonchev–Trinajstić information content (AvgIpc) is 2.90. The molecule has 0 aromatic heterocycles. The minimum atomic E-state index is -1.39. The highest BCUT2D eigenvalue weighted by Crippen LogP contribution is 2.31. The Morgan fingerprint density at radius 3 is 2.19 bits per heavy atom. The van der Waals surface area contributed by atoms with Gasteiger partial charge in [0.2, 0.25) is 11.8 Å². The van der Waals surface area contributed by atoms with Crippen LogP contribution in [0.25, 0.3) is 0 Å². The van der Waals surface area contributed by atoms with E-state index in [1.165, 1.54) is 11.0 Å². The largest absolute Gasteiger partial charge is 0.508 e. The molecule has 42 heavy (non-hydrogen) atoms. The summed E-state index contributed by atoms with van der Waals surface area (Å²) in [7, 11) is 0. The molecule has 0 saturated heterocycles. The van der Waals surface area contributed by atoms with Crippen LogP contribution in [0.5, 0.6) is 5.75 Å². The summed E-state index contributed by atoms with van der Waals surface area (Å²) in [6, 6.07) is 10.8. The number of hydrogen-bond donors (Lipinski definition) is 4. The molecule has 0 saturated carbocycles. The van der Waals surface area contributed by atoms with Crippen LogP contribution in [0.1, 0.15) is 89.8 Å². The van der Waals surface area contributed by atoms with Gasteiger partial charge in [-0.15, -0.1) is 0 Å². The number of anilines is 1. The van der Waals surface area contributed by atoms with E-state index in [0.717, 1.165) is 37.7 Å². The second kappa shape index (κ2) is 16.4. The number of carbonyl (C=O) groups excluding carboxylic acids is 4. The molecule has 2 rings (SSSR count). The third kappa shape index (κ3) is 11.1. The van der Waals surface area contributed by atoms with E-state index < -0.39 is 47.9 Å². The summed E-state index contributed by atoms with van der Waals surface area (Å²) in [5, 5.41) is 16.2. The van der Waals surface area contributed by atoms with Gasteiger partial charge in [0.15, 0.2) is 0 Å². The lowest BCUT2D eigenvalue weighted by Crippen LogP contribution is -2.53. The van der Waals surface area contributed by atoms with Crippen molar-refractivity contribution in [2.75, 3.05) is 11.9 Å². The number of nitrogens with two attached hydrogens (primary N) is 1. The highest BCUT2D eigenvalue weighted by molar-refractivity contribution is 6.00. The second-order valence-electron chi connectivity index (χ2n) is 11.4. The Balaban J connectivity index is 2.53. The van der Waals surface area contributed by atoms with E-state index in [2.05, 4.69) is 17.6 Å². The number of phenolic OH excluding ortho intramolecular Hbond substituents is 1. The van der Waals surface area contributed by atoms with E-state index in [0.29, 0.717) is 12.1 Å². The lowest BCUT2D eigenvalue weighted by Gasteiger charge is -2.34. The summed E-state index contributed by atoms with van der Waals surface area (Å²) in [5.41, 5.74) is 6.19. The molecule has 0 fully saturated rings. The normalized spacial score (nSPS) is 12.6. The summed E-state index contributed by atoms with van der Waals surface area (Å²) in [6.45, 7) is 9.13. The smallest absolute Gasteiger partial charge is 0.408 e. The Hall–Kier alpha value is -4.08. The van der Waals surface area contributed by atoms with Crippen molar-refractivity contribution >= 4 is 29.5 Å². The number of rotatable bonds is 15. The highest BCUT2D eigenvalue weighted by atomic mass is 16.6. The number of alkyl carbamates (subject to hydrolysis) is 1. The number of primary amides is 1. The molecule has 5 N–H and O–H groups in total. The molecule has 2 atom stereocenters. The molecule has 10 heteroatoms. The Morgan fingerprint density at radius 1 is 0.952 bits per heavy atom. The van der Waals surface area contributed by atoms with Crippen LogP contribution in [-0.4, -0.2) is 52.0 Å². The van der Waals surface area contributed by atoms with Gasteiger partial charge in [-0.05, 0) is 51.8 Å². The Bertz CT molecular complexity index is 1210. The molecule has 10 nitrogen and oxygen atoms in total. The number of hydrogen-bond acceptors (Lipinski definition) is 6. The number of carbonyl (C=O) groups is 4. The summed E-state index contributed by atoms with van der Waals surface area (Å²) in [6.07, 6.45) is 4.15. The Morgan fingerprint density at radius 2 is 1.57 bits per heavy atom. The van der Waals surface area contributed by atoms with Crippen molar-refractivity contribution in [3.63, 3.8) is 0 Å². The first kappa shape index (κ1) is 34.1. The van der Waals surface area contributed by atoms with E-state index in [1.54, 1.807) is 51.1 Å². The zero-order valence-corrected chi connectivity index (χ0v) is 25.4. The van der Waals surface area contributed by atoms with Crippen LogP contribution in [0, 0.1) is 6.92 Å². The molecule has 0 aliphatic heterocycles. The molecule has 0 radical (unpaired) electrons. The second-order valence-corrected chi connectivity index (χ2v) is 11.4. The minimum Gasteiger partial charge on any atom is -0.508 e. The third-order valence-corrected chi connectivity index (χ3v) is 6.62. The van der Waals surface area contributed by atoms with Crippen molar-refractivity contribution in [1.82, 2.24) is 10.2 Å². The van der Waals surface area contributed by atoms with Crippen molar-refractivity contribution in [3.8, 4) is 5.75 Å². The number of nitrogens with one attached hydrogen (secondary N) is 2. The van der Waals surface area contributed by atoms with Gasteiger partial charge in [-0.3, -0.25) is 14.4 Å². The molecule has 0 aliphatic carbocycles. The molecule has 0 aliphatic rings. The van der Waals surface area contributed by atoms with Crippen LogP contribution in [0.2, 0.25) is 0 Å². The van der Waals surface area contributed by atoms with Crippen molar-refractivity contribution in [3.05, 3.63) is 59.7 Å². The number of aryl methyl sites for hydroxylation is 1. The molecule has 2 unspecified atom stereocenters. The van der Waals surface area contributed by atoms with Crippen molar-refractivity contribution in [2.24, 2.45) is 5.73 Å². The zero-order valence-electron chi connectivity index (χ0n) is 25.4. The van der Waals surface area contributed by atoms with Gasteiger partial charge in [0.25, 0.3) is 5.91 Å². The monoisotopic (exact) mass is 582 g/mol. The van der Waals surface area contributed by atoms with Crippen LogP contribution < -0.4 is 16.4 Å². The standard InChI is InChI=1S/C32H46N4O6/c1-6-7-8-9-10-15-20-36(30(40)25(21-27(33)38)35-31(41)42-32(3,4)5)28(23-17-12-14-19-26(23)37)29(39)34-24-18-13-11-16-22(24)2/h11-14,16-19,25,28,37H,6-10,15,20-21H2,1-5H3,(H2,33,38)(H,34,39)(H,35,41). The fourth-order valence-electron chi connectivity index (χ4n) is 4.56. The topological polar surface area (TPSA) is 151 Å². The maximum atomic E-state index is 14.2. The maximum Gasteiger partial charge on any atom is 0.408 e. The molecule has 0 heterocycles. The fraction of sp³-hybridized carbons (Fsp3) is 0.500. The molecule has 2 aromatic carbocycles. The molecule has 230 valence electrons. The van der Waals surface area contributed by atoms with Gasteiger partial charge in [0.1, 0.15) is 23.4 Å². The van der Waals surface area contributed by atoms with Crippen LogP contribution in [0.15, 0.2) is 48.5 Å². The van der Waals surface area contributed by atoms with Gasteiger partial charge in [-0.1, -0.05) is 75.4 Å². The highest BCUT2D eigenvalue weighted by Gasteiger charge is 2.38. The first-order valence-electron chi connectivity index (χ1n) is 14.6. The molecule has 2 aromatic rings. The number of benzene rings is 2. The maximum absolute atomic E-state index is 14.2. The predicted octanol–water partition coefficient (Wildman–Crippen LogP) is 5.34. The molecule has 0 spiro atoms. The fourth-order valence-corrected chi connectivity index (χ4v) is 4.56. The van der Waals surface area contributed by atoms with E-state index in [-0.39, 0.29) is 17.9 Å². The summed E-state index contributed by atoms with van der Waals surface area (Å²) in [5.74, 6) is -2.23. The number of aromatic hydroxyl groups is 1. The molecule has 0 bridgehead atoms. The average molecular weight is 583 g/mol. The van der Waals surface area contributed by atoms with E-state index in [4.69, 9.17) is 10.5 Å². The zero-order chi connectivity index (χ0) is 31.3. The predicted molar refractivity (Wildman–Crippen MR) is 163 cm³/mol. The van der Waals surface area contributed by atoms with Gasteiger partial charge >= 0.3 is 6.09 Å². The lowest BCUT2D eigenvalue weighted by molar-refractivity contribution is -0.142. The first-order valence-corrected chi connectivity index (χ1v) is 14.6. The van der Waals surface area contributed by atoms with E-state index in [9.17, 15) is 24.3 Å². The van der Waals surface area contributed by atoms with E-state index >= 15 is 0 Å². The summed E-state index contributed by atoms with van der Waals surface area (Å²) < 4.78 is 5.33.